The summed E-state index contributed by atoms with van der Waals surface area (Å²) in [6.07, 6.45) is -4.87. The molecule has 3 aliphatic heterocycles. The molecular weight excluding hydrogens is 296 g/mol. The van der Waals surface area contributed by atoms with Gasteiger partial charge in [0.2, 0.25) is 0 Å². The first-order chi connectivity index (χ1) is 10.1. The molecule has 3 rings (SSSR count). The summed E-state index contributed by atoms with van der Waals surface area (Å²) >= 11 is 0. The molecule has 0 bridgehead atoms. The van der Waals surface area contributed by atoms with Crippen LogP contribution in [0.15, 0.2) is 0 Å². The zero-order valence-corrected chi connectivity index (χ0v) is 13.0. The molecule has 3 saturated heterocycles. The van der Waals surface area contributed by atoms with Crippen molar-refractivity contribution in [1.29, 1.82) is 0 Å². The molecular formula is C14H22O8. The fourth-order valence-electron chi connectivity index (χ4n) is 3.25. The van der Waals surface area contributed by atoms with Gasteiger partial charge >= 0.3 is 5.97 Å². The molecule has 0 amide bonds. The van der Waals surface area contributed by atoms with Gasteiger partial charge in [-0.3, -0.25) is 4.79 Å². The number of aliphatic hydroxyl groups is 1. The minimum absolute atomic E-state index is 0.445. The van der Waals surface area contributed by atoms with Gasteiger partial charge in [0.15, 0.2) is 17.9 Å². The van der Waals surface area contributed by atoms with Gasteiger partial charge in [0.05, 0.1) is 12.5 Å². The smallest absolute Gasteiger partial charge is 0.306 e. The SMILES string of the molecule is CC1(C)O[C@@H]2[C@H](O1)[C@H]1OC(C)(C)O[C@H]1O[C@@H]2[C@H](O)CC(=O)O. The Labute approximate surface area is 128 Å². The van der Waals surface area contributed by atoms with E-state index in [9.17, 15) is 9.90 Å². The molecule has 22 heavy (non-hydrogen) atoms. The summed E-state index contributed by atoms with van der Waals surface area (Å²) in [6.45, 7) is 7.02. The van der Waals surface area contributed by atoms with E-state index in [1.165, 1.54) is 0 Å². The number of hydrogen-bond donors (Lipinski definition) is 2. The molecule has 3 heterocycles. The van der Waals surface area contributed by atoms with Crippen molar-refractivity contribution in [3.63, 3.8) is 0 Å². The summed E-state index contributed by atoms with van der Waals surface area (Å²) in [5.41, 5.74) is 0. The van der Waals surface area contributed by atoms with E-state index in [2.05, 4.69) is 0 Å². The Morgan fingerprint density at radius 2 is 1.55 bits per heavy atom. The molecule has 0 unspecified atom stereocenters. The molecule has 0 aromatic rings. The Morgan fingerprint density at radius 1 is 1.00 bits per heavy atom. The lowest BCUT2D eigenvalue weighted by Crippen LogP contribution is -2.58. The molecule has 3 aliphatic rings. The van der Waals surface area contributed by atoms with Crippen molar-refractivity contribution in [1.82, 2.24) is 0 Å². The van der Waals surface area contributed by atoms with Crippen LogP contribution in [0.3, 0.4) is 0 Å². The number of ether oxygens (including phenoxy) is 5. The summed E-state index contributed by atoms with van der Waals surface area (Å²) in [6, 6.07) is 0. The van der Waals surface area contributed by atoms with Gasteiger partial charge < -0.3 is 33.9 Å². The molecule has 0 radical (unpaired) electrons. The van der Waals surface area contributed by atoms with Gasteiger partial charge in [-0.15, -0.1) is 0 Å². The van der Waals surface area contributed by atoms with Crippen LogP contribution in [0.25, 0.3) is 0 Å². The standard InChI is InChI=1S/C14H22O8/c1-13(2)19-9-8(6(15)5-7(16)17)18-12-11(10(9)20-13)21-14(3,4)22-12/h6,8-12,15H,5H2,1-4H3,(H,16,17)/t6-,8-,9+,10+,11-,12-/m1/s1. The van der Waals surface area contributed by atoms with Crippen molar-refractivity contribution in [2.75, 3.05) is 0 Å². The molecule has 0 aliphatic carbocycles. The van der Waals surface area contributed by atoms with Crippen molar-refractivity contribution < 1.29 is 38.7 Å². The number of fused-ring (bicyclic) bond motifs is 3. The zero-order chi connectivity index (χ0) is 16.3. The lowest BCUT2D eigenvalue weighted by Gasteiger charge is -2.39. The Hall–Kier alpha value is -0.770. The van der Waals surface area contributed by atoms with E-state index in [-0.39, 0.29) is 0 Å². The van der Waals surface area contributed by atoms with Crippen molar-refractivity contribution in [2.45, 2.75) is 82.5 Å². The van der Waals surface area contributed by atoms with Gasteiger partial charge in [-0.2, -0.15) is 0 Å². The topological polar surface area (TPSA) is 104 Å². The van der Waals surface area contributed by atoms with E-state index >= 15 is 0 Å². The van der Waals surface area contributed by atoms with Crippen LogP contribution in [-0.2, 0) is 28.5 Å². The van der Waals surface area contributed by atoms with Crippen LogP contribution in [0, 0.1) is 0 Å². The minimum atomic E-state index is -1.23. The second-order valence-electron chi connectivity index (χ2n) is 6.80. The van der Waals surface area contributed by atoms with Crippen LogP contribution in [0.4, 0.5) is 0 Å². The van der Waals surface area contributed by atoms with Crippen LogP contribution in [0.1, 0.15) is 34.1 Å². The van der Waals surface area contributed by atoms with Crippen molar-refractivity contribution in [2.24, 2.45) is 0 Å². The summed E-state index contributed by atoms with van der Waals surface area (Å²) in [7, 11) is 0. The molecule has 2 N–H and O–H groups in total. The number of carbonyl (C=O) groups is 1. The Bertz CT molecular complexity index is 462. The molecule has 126 valence electrons. The third-order valence-electron chi connectivity index (χ3n) is 3.95. The fourth-order valence-corrected chi connectivity index (χ4v) is 3.25. The molecule has 3 fully saturated rings. The van der Waals surface area contributed by atoms with E-state index in [0.717, 1.165) is 0 Å². The largest absolute Gasteiger partial charge is 0.481 e. The first-order valence-corrected chi connectivity index (χ1v) is 7.35. The van der Waals surface area contributed by atoms with E-state index in [1.54, 1.807) is 27.7 Å². The Balaban J connectivity index is 1.85. The third-order valence-corrected chi connectivity index (χ3v) is 3.95. The number of hydrogen-bond acceptors (Lipinski definition) is 7. The van der Waals surface area contributed by atoms with Crippen molar-refractivity contribution >= 4 is 5.97 Å². The van der Waals surface area contributed by atoms with Gasteiger partial charge in [-0.25, -0.2) is 0 Å². The predicted molar refractivity (Wildman–Crippen MR) is 70.8 cm³/mol. The van der Waals surface area contributed by atoms with E-state index in [4.69, 9.17) is 28.8 Å². The third kappa shape index (κ3) is 2.86. The monoisotopic (exact) mass is 318 g/mol. The molecule has 0 saturated carbocycles. The molecule has 0 aromatic heterocycles. The second kappa shape index (κ2) is 5.12. The van der Waals surface area contributed by atoms with Gasteiger partial charge in [-0.1, -0.05) is 0 Å². The maximum Gasteiger partial charge on any atom is 0.306 e. The molecule has 8 heteroatoms. The summed E-state index contributed by atoms with van der Waals surface area (Å²) < 4.78 is 28.9. The van der Waals surface area contributed by atoms with E-state index in [0.29, 0.717) is 0 Å². The fraction of sp³-hybridized carbons (Fsp3) is 0.929. The highest BCUT2D eigenvalue weighted by atomic mass is 16.9. The quantitative estimate of drug-likeness (QED) is 0.761. The van der Waals surface area contributed by atoms with Gasteiger partial charge in [0.1, 0.15) is 24.4 Å². The predicted octanol–water partition coefficient (Wildman–Crippen LogP) is 0.218. The lowest BCUT2D eigenvalue weighted by atomic mass is 9.94. The average molecular weight is 318 g/mol. The average Bonchev–Trinajstić information content (AvgIpc) is 2.81. The van der Waals surface area contributed by atoms with Crippen LogP contribution >= 0.6 is 0 Å². The van der Waals surface area contributed by atoms with Gasteiger partial charge in [0, 0.05) is 0 Å². The highest BCUT2D eigenvalue weighted by Crippen LogP contribution is 2.44. The van der Waals surface area contributed by atoms with Gasteiger partial charge in [-0.05, 0) is 27.7 Å². The van der Waals surface area contributed by atoms with E-state index < -0.39 is 60.8 Å². The van der Waals surface area contributed by atoms with Crippen LogP contribution in [0.5, 0.6) is 0 Å². The lowest BCUT2D eigenvalue weighted by molar-refractivity contribution is -0.253. The summed E-state index contributed by atoms with van der Waals surface area (Å²) in [5, 5.41) is 19.1. The maximum absolute atomic E-state index is 10.9. The first-order valence-electron chi connectivity index (χ1n) is 7.35. The van der Waals surface area contributed by atoms with Crippen LogP contribution < -0.4 is 0 Å². The second-order valence-corrected chi connectivity index (χ2v) is 6.80. The highest BCUT2D eigenvalue weighted by Gasteiger charge is 2.61. The maximum atomic E-state index is 10.9. The minimum Gasteiger partial charge on any atom is -0.481 e. The first kappa shape index (κ1) is 16.1. The Kier molecular flexibility index (Phi) is 3.75. The van der Waals surface area contributed by atoms with Crippen LogP contribution in [0.2, 0.25) is 0 Å². The zero-order valence-electron chi connectivity index (χ0n) is 13.0. The molecule has 6 atom stereocenters. The van der Waals surface area contributed by atoms with Crippen molar-refractivity contribution in [3.8, 4) is 0 Å². The molecule has 0 spiro atoms. The van der Waals surface area contributed by atoms with Gasteiger partial charge in [0.25, 0.3) is 0 Å². The number of carboxylic acids is 1. The van der Waals surface area contributed by atoms with Crippen molar-refractivity contribution in [3.05, 3.63) is 0 Å². The van der Waals surface area contributed by atoms with E-state index in [1.807, 2.05) is 0 Å². The van der Waals surface area contributed by atoms with Crippen LogP contribution in [-0.4, -0.2) is 64.6 Å². The number of carboxylic acid groups (broad SMARTS) is 1. The highest BCUT2D eigenvalue weighted by molar-refractivity contribution is 5.67. The molecule has 8 nitrogen and oxygen atoms in total. The number of aliphatic carboxylic acids is 1. The number of rotatable bonds is 3. The normalized spacial score (nSPS) is 43.4. The summed E-state index contributed by atoms with van der Waals surface area (Å²) in [4.78, 5) is 10.9. The number of aliphatic hydroxyl groups excluding tert-OH is 1. The molecule has 0 aromatic carbocycles. The summed E-state index contributed by atoms with van der Waals surface area (Å²) in [5.74, 6) is -2.83. The Morgan fingerprint density at radius 3 is 2.18 bits per heavy atom.